The van der Waals surface area contributed by atoms with Gasteiger partial charge in [-0.05, 0) is 37.1 Å². The van der Waals surface area contributed by atoms with E-state index in [9.17, 15) is 13.2 Å². The van der Waals surface area contributed by atoms with Crippen molar-refractivity contribution >= 4 is 33.3 Å². The Bertz CT molecular complexity index is 865. The molecule has 9 heteroatoms. The number of hydrogen-bond acceptors (Lipinski definition) is 5. The fourth-order valence-electron chi connectivity index (χ4n) is 1.99. The molecule has 2 N–H and O–H groups in total. The standard InChI is InChI=1S/C9H9ClO2S.C8H12N2O3/c10-7-1-3-8(4-2-7)13(11,12)9-5-6-9;1-8(2,3)5-4-6(10-13-5)9-7(11)12/h1-4,9H,5-6H2;4H,1-3H3,(H,9,10)(H,11,12). The number of amides is 1. The Labute approximate surface area is 157 Å². The zero-order chi connectivity index (χ0) is 19.5. The summed E-state index contributed by atoms with van der Waals surface area (Å²) in [5, 5.41) is 14.5. The van der Waals surface area contributed by atoms with Gasteiger partial charge in [0.1, 0.15) is 5.76 Å². The molecule has 0 unspecified atom stereocenters. The number of sulfone groups is 1. The van der Waals surface area contributed by atoms with Gasteiger partial charge < -0.3 is 9.63 Å². The highest BCUT2D eigenvalue weighted by Gasteiger charge is 2.36. The van der Waals surface area contributed by atoms with Crippen LogP contribution in [0.15, 0.2) is 39.8 Å². The van der Waals surface area contributed by atoms with E-state index < -0.39 is 15.9 Å². The summed E-state index contributed by atoms with van der Waals surface area (Å²) >= 11 is 5.66. The van der Waals surface area contributed by atoms with Gasteiger partial charge in [0, 0.05) is 16.5 Å². The molecule has 3 rings (SSSR count). The minimum atomic E-state index is -3.04. The number of carbonyl (C=O) groups is 1. The first-order valence-electron chi connectivity index (χ1n) is 7.97. The molecule has 1 aliphatic carbocycles. The SMILES string of the molecule is CC(C)(C)c1cc(NC(=O)O)no1.O=S(=O)(c1ccc(Cl)cc1)C1CC1. The van der Waals surface area contributed by atoms with Gasteiger partial charge in [-0.1, -0.05) is 37.5 Å². The van der Waals surface area contributed by atoms with E-state index in [2.05, 4.69) is 10.5 Å². The molecular weight excluding hydrogens is 380 g/mol. The molecule has 1 aromatic heterocycles. The molecule has 1 aliphatic rings. The number of rotatable bonds is 3. The molecule has 0 bridgehead atoms. The van der Waals surface area contributed by atoms with Crippen LogP contribution in [0.5, 0.6) is 0 Å². The molecule has 1 heterocycles. The van der Waals surface area contributed by atoms with Gasteiger partial charge in [0.05, 0.1) is 10.1 Å². The van der Waals surface area contributed by atoms with Crippen molar-refractivity contribution in [3.05, 3.63) is 41.1 Å². The van der Waals surface area contributed by atoms with E-state index in [-0.39, 0.29) is 16.5 Å². The Morgan fingerprint density at radius 3 is 2.27 bits per heavy atom. The average Bonchev–Trinajstić information content (AvgIpc) is 3.28. The first-order chi connectivity index (χ1) is 12.0. The molecule has 26 heavy (non-hydrogen) atoms. The monoisotopic (exact) mass is 400 g/mol. The fraction of sp³-hybridized carbons (Fsp3) is 0.412. The van der Waals surface area contributed by atoms with Gasteiger partial charge in [-0.25, -0.2) is 13.2 Å². The molecule has 1 amide bonds. The third kappa shape index (κ3) is 5.47. The summed E-state index contributed by atoms with van der Waals surface area (Å²) in [7, 11) is -3.04. The van der Waals surface area contributed by atoms with E-state index in [4.69, 9.17) is 21.2 Å². The predicted molar refractivity (Wildman–Crippen MR) is 98.5 cm³/mol. The van der Waals surface area contributed by atoms with E-state index in [1.165, 1.54) is 0 Å². The van der Waals surface area contributed by atoms with Crippen LogP contribution in [-0.4, -0.2) is 30.0 Å². The maximum absolute atomic E-state index is 11.7. The van der Waals surface area contributed by atoms with Gasteiger partial charge in [0.15, 0.2) is 15.7 Å². The van der Waals surface area contributed by atoms with Crippen molar-refractivity contribution in [2.24, 2.45) is 0 Å². The van der Waals surface area contributed by atoms with Crippen molar-refractivity contribution in [3.8, 4) is 0 Å². The number of nitrogens with zero attached hydrogens (tertiary/aromatic N) is 1. The lowest BCUT2D eigenvalue weighted by atomic mass is 9.93. The van der Waals surface area contributed by atoms with Crippen molar-refractivity contribution < 1.29 is 22.8 Å². The predicted octanol–water partition coefficient (Wildman–Crippen LogP) is 4.34. The highest BCUT2D eigenvalue weighted by atomic mass is 35.5. The van der Waals surface area contributed by atoms with Gasteiger partial charge >= 0.3 is 6.09 Å². The molecule has 7 nitrogen and oxygen atoms in total. The van der Waals surface area contributed by atoms with Crippen LogP contribution >= 0.6 is 11.6 Å². The second-order valence-electron chi connectivity index (χ2n) is 6.95. The topological polar surface area (TPSA) is 110 Å². The molecule has 1 aromatic carbocycles. The molecule has 1 saturated carbocycles. The van der Waals surface area contributed by atoms with Crippen LogP contribution < -0.4 is 5.32 Å². The first kappa shape index (κ1) is 20.3. The summed E-state index contributed by atoms with van der Waals surface area (Å²) in [6, 6.07) is 7.92. The van der Waals surface area contributed by atoms with Gasteiger partial charge in [-0.2, -0.15) is 0 Å². The number of benzene rings is 1. The lowest BCUT2D eigenvalue weighted by Gasteiger charge is -2.11. The number of halogens is 1. The lowest BCUT2D eigenvalue weighted by Crippen LogP contribution is -2.10. The molecule has 0 aliphatic heterocycles. The Kier molecular flexibility index (Phi) is 5.98. The summed E-state index contributed by atoms with van der Waals surface area (Å²) in [5.74, 6) is 0.869. The number of aromatic nitrogens is 1. The second kappa shape index (κ2) is 7.67. The molecule has 0 atom stereocenters. The molecule has 0 radical (unpaired) electrons. The summed E-state index contributed by atoms with van der Waals surface area (Å²) in [5.41, 5.74) is -0.161. The van der Waals surface area contributed by atoms with E-state index in [0.29, 0.717) is 15.7 Å². The Morgan fingerprint density at radius 2 is 1.85 bits per heavy atom. The van der Waals surface area contributed by atoms with Crippen molar-refractivity contribution in [1.82, 2.24) is 5.16 Å². The Morgan fingerprint density at radius 1 is 1.27 bits per heavy atom. The molecule has 1 fully saturated rings. The largest absolute Gasteiger partial charge is 0.465 e. The number of anilines is 1. The maximum atomic E-state index is 11.7. The van der Waals surface area contributed by atoms with Gasteiger partial charge in [0.25, 0.3) is 0 Å². The Hall–Kier alpha value is -2.06. The summed E-state index contributed by atoms with van der Waals surface area (Å²) in [6.07, 6.45) is 0.449. The number of nitrogens with one attached hydrogen (secondary N) is 1. The number of hydrogen-bond donors (Lipinski definition) is 2. The third-order valence-electron chi connectivity index (χ3n) is 3.59. The minimum Gasteiger partial charge on any atom is -0.465 e. The van der Waals surface area contributed by atoms with E-state index in [0.717, 1.165) is 12.8 Å². The van der Waals surface area contributed by atoms with Crippen molar-refractivity contribution in [2.45, 2.75) is 49.2 Å². The van der Waals surface area contributed by atoms with E-state index in [1.807, 2.05) is 20.8 Å². The fourth-order valence-corrected chi connectivity index (χ4v) is 3.78. The second-order valence-corrected chi connectivity index (χ2v) is 9.62. The third-order valence-corrected chi connectivity index (χ3v) is 6.12. The Balaban J connectivity index is 0.000000187. The van der Waals surface area contributed by atoms with Crippen LogP contribution in [0.1, 0.15) is 39.4 Å². The molecular formula is C17H21ClN2O5S. The van der Waals surface area contributed by atoms with Gasteiger partial charge in [-0.15, -0.1) is 0 Å². The molecule has 0 saturated heterocycles. The van der Waals surface area contributed by atoms with Crippen LogP contribution in [0, 0.1) is 0 Å². The summed E-state index contributed by atoms with van der Waals surface area (Å²) in [4.78, 5) is 10.6. The zero-order valence-electron chi connectivity index (χ0n) is 14.7. The lowest BCUT2D eigenvalue weighted by molar-refractivity contribution is 0.209. The highest BCUT2D eigenvalue weighted by molar-refractivity contribution is 7.92. The van der Waals surface area contributed by atoms with Crippen LogP contribution in [0.4, 0.5) is 10.6 Å². The van der Waals surface area contributed by atoms with Crippen LogP contribution in [0.3, 0.4) is 0 Å². The molecule has 0 spiro atoms. The van der Waals surface area contributed by atoms with Crippen molar-refractivity contribution in [2.75, 3.05) is 5.32 Å². The van der Waals surface area contributed by atoms with Gasteiger partial charge in [0.2, 0.25) is 0 Å². The summed E-state index contributed by atoms with van der Waals surface area (Å²) < 4.78 is 28.3. The van der Waals surface area contributed by atoms with Crippen LogP contribution in [0.2, 0.25) is 5.02 Å². The van der Waals surface area contributed by atoms with Crippen LogP contribution in [-0.2, 0) is 15.3 Å². The average molecular weight is 401 g/mol. The minimum absolute atomic E-state index is 0.145. The zero-order valence-corrected chi connectivity index (χ0v) is 16.3. The van der Waals surface area contributed by atoms with Crippen molar-refractivity contribution in [1.29, 1.82) is 0 Å². The van der Waals surface area contributed by atoms with E-state index in [1.54, 1.807) is 30.3 Å². The number of carboxylic acid groups (broad SMARTS) is 1. The van der Waals surface area contributed by atoms with Crippen molar-refractivity contribution in [3.63, 3.8) is 0 Å². The smallest absolute Gasteiger partial charge is 0.410 e. The maximum Gasteiger partial charge on any atom is 0.410 e. The molecule has 2 aromatic rings. The normalized spacial score (nSPS) is 14.3. The summed E-state index contributed by atoms with van der Waals surface area (Å²) in [6.45, 7) is 5.87. The highest BCUT2D eigenvalue weighted by Crippen LogP contribution is 2.33. The van der Waals surface area contributed by atoms with Crippen LogP contribution in [0.25, 0.3) is 0 Å². The van der Waals surface area contributed by atoms with E-state index >= 15 is 0 Å². The van der Waals surface area contributed by atoms with Gasteiger partial charge in [-0.3, -0.25) is 5.32 Å². The first-order valence-corrected chi connectivity index (χ1v) is 9.89. The quantitative estimate of drug-likeness (QED) is 0.793. The molecule has 142 valence electrons.